The van der Waals surface area contributed by atoms with Crippen LogP contribution in [-0.2, 0) is 0 Å². The molecule has 0 bridgehead atoms. The molecule has 18 heavy (non-hydrogen) atoms. The van der Waals surface area contributed by atoms with Gasteiger partial charge in [-0.25, -0.2) is 0 Å². The zero-order chi connectivity index (χ0) is 14.6. The van der Waals surface area contributed by atoms with Crippen molar-refractivity contribution < 1.29 is 15.6 Å². The van der Waals surface area contributed by atoms with Gasteiger partial charge in [-0.05, 0) is 19.8 Å². The summed E-state index contributed by atoms with van der Waals surface area (Å²) in [5.41, 5.74) is 14.9. The average molecular weight is 262 g/mol. The molecule has 0 aromatic rings. The van der Waals surface area contributed by atoms with Gasteiger partial charge in [0.15, 0.2) is 0 Å². The normalized spacial score (nSPS) is 16.0. The summed E-state index contributed by atoms with van der Waals surface area (Å²) < 4.78 is 0. The second-order valence-corrected chi connectivity index (χ2v) is 3.49. The maximum Gasteiger partial charge on any atom is 0.142 e. The summed E-state index contributed by atoms with van der Waals surface area (Å²) >= 11 is 0. The highest BCUT2D eigenvalue weighted by atomic mass is 16.4. The smallest absolute Gasteiger partial charge is 0.142 e. The van der Waals surface area contributed by atoms with Crippen molar-refractivity contribution in [2.75, 3.05) is 0 Å². The number of nitrogens with two attached hydrogens (primary N) is 3. The third kappa shape index (κ3) is 13.8. The van der Waals surface area contributed by atoms with Gasteiger partial charge in [-0.3, -0.25) is 0 Å². The van der Waals surface area contributed by atoms with E-state index in [4.69, 9.17) is 32.8 Å². The Labute approximate surface area is 106 Å². The zero-order valence-electron chi connectivity index (χ0n) is 10.6. The van der Waals surface area contributed by atoms with Crippen LogP contribution in [0.5, 0.6) is 0 Å². The van der Waals surface area contributed by atoms with E-state index in [1.807, 2.05) is 6.92 Å². The molecule has 0 amide bonds. The van der Waals surface area contributed by atoms with Crippen LogP contribution in [0.1, 0.15) is 33.1 Å². The van der Waals surface area contributed by atoms with Crippen LogP contribution in [-0.4, -0.2) is 33.1 Å². The van der Waals surface area contributed by atoms with Crippen molar-refractivity contribution in [2.24, 2.45) is 38.6 Å². The summed E-state index contributed by atoms with van der Waals surface area (Å²) in [5.74, 6) is 1.24. The van der Waals surface area contributed by atoms with Crippen LogP contribution < -0.4 is 17.2 Å². The molecule has 9 nitrogen and oxygen atoms in total. The van der Waals surface area contributed by atoms with E-state index in [1.165, 1.54) is 6.92 Å². The van der Waals surface area contributed by atoms with Gasteiger partial charge >= 0.3 is 0 Å². The molecule has 1 saturated carbocycles. The zero-order valence-corrected chi connectivity index (χ0v) is 10.6. The Morgan fingerprint density at radius 2 is 1.50 bits per heavy atom. The lowest BCUT2D eigenvalue weighted by Gasteiger charge is -1.85. The molecule has 0 aromatic heterocycles. The largest absolute Gasteiger partial charge is 0.409 e. The van der Waals surface area contributed by atoms with Gasteiger partial charge in [-0.15, -0.1) is 0 Å². The molecule has 1 rings (SSSR count). The first-order valence-corrected chi connectivity index (χ1v) is 5.30. The third-order valence-corrected chi connectivity index (χ3v) is 1.76. The van der Waals surface area contributed by atoms with Crippen LogP contribution in [0.25, 0.3) is 0 Å². The second-order valence-electron chi connectivity index (χ2n) is 3.49. The van der Waals surface area contributed by atoms with Crippen LogP contribution in [0, 0.1) is 5.92 Å². The SMILES string of the molecule is CC(N)=NO.CCC(N)=NO.NC(=NO)C1CC1. The fraction of sp³-hybridized carbons (Fsp3) is 0.667. The van der Waals surface area contributed by atoms with Gasteiger partial charge in [0.05, 0.1) is 0 Å². The molecule has 0 unspecified atom stereocenters. The molecule has 0 radical (unpaired) electrons. The first-order valence-electron chi connectivity index (χ1n) is 5.30. The van der Waals surface area contributed by atoms with Gasteiger partial charge in [0, 0.05) is 12.3 Å². The summed E-state index contributed by atoms with van der Waals surface area (Å²) in [7, 11) is 0. The molecule has 9 heteroatoms. The highest BCUT2D eigenvalue weighted by molar-refractivity contribution is 5.84. The van der Waals surface area contributed by atoms with Crippen molar-refractivity contribution in [1.82, 2.24) is 0 Å². The maximum atomic E-state index is 8.01. The Balaban J connectivity index is 0. The molecule has 1 aliphatic carbocycles. The van der Waals surface area contributed by atoms with Crippen molar-refractivity contribution in [2.45, 2.75) is 33.1 Å². The first-order chi connectivity index (χ1) is 8.42. The number of hydrogen-bond donors (Lipinski definition) is 6. The van der Waals surface area contributed by atoms with Crippen molar-refractivity contribution in [1.29, 1.82) is 0 Å². The number of hydrogen-bond acceptors (Lipinski definition) is 6. The van der Waals surface area contributed by atoms with E-state index in [9.17, 15) is 0 Å². The van der Waals surface area contributed by atoms with E-state index < -0.39 is 0 Å². The van der Waals surface area contributed by atoms with Gasteiger partial charge < -0.3 is 32.8 Å². The molecule has 0 spiro atoms. The topological polar surface area (TPSA) is 176 Å². The molecule has 0 atom stereocenters. The molecule has 1 fully saturated rings. The lowest BCUT2D eigenvalue weighted by molar-refractivity contribution is 0.316. The highest BCUT2D eigenvalue weighted by Crippen LogP contribution is 2.28. The predicted molar refractivity (Wildman–Crippen MR) is 68.9 cm³/mol. The minimum absolute atomic E-state index is 0.185. The van der Waals surface area contributed by atoms with E-state index in [1.54, 1.807) is 0 Å². The first kappa shape index (κ1) is 18.2. The predicted octanol–water partition coefficient (Wildman–Crippen LogP) is 0.0383. The molecular formula is C9H22N6O3. The summed E-state index contributed by atoms with van der Waals surface area (Å²) in [5, 5.41) is 31.5. The quantitative estimate of drug-likeness (QED) is 0.177. The maximum absolute atomic E-state index is 8.01. The Morgan fingerprint density at radius 3 is 1.56 bits per heavy atom. The molecule has 0 aliphatic heterocycles. The lowest BCUT2D eigenvalue weighted by Crippen LogP contribution is -2.12. The number of nitrogens with zero attached hydrogens (tertiary/aromatic N) is 3. The minimum atomic E-state index is 0.185. The van der Waals surface area contributed by atoms with Gasteiger partial charge in [0.1, 0.15) is 17.5 Å². The summed E-state index contributed by atoms with van der Waals surface area (Å²) in [6.07, 6.45) is 2.79. The van der Waals surface area contributed by atoms with Crippen LogP contribution in [0.2, 0.25) is 0 Å². The molecular weight excluding hydrogens is 240 g/mol. The summed E-state index contributed by atoms with van der Waals surface area (Å²) in [4.78, 5) is 0. The summed E-state index contributed by atoms with van der Waals surface area (Å²) in [6, 6.07) is 0. The van der Waals surface area contributed by atoms with Gasteiger partial charge in [-0.2, -0.15) is 0 Å². The highest BCUT2D eigenvalue weighted by Gasteiger charge is 2.25. The van der Waals surface area contributed by atoms with Crippen LogP contribution >= 0.6 is 0 Å². The Bertz CT molecular complexity index is 295. The minimum Gasteiger partial charge on any atom is -0.409 e. The molecule has 1 aliphatic rings. The van der Waals surface area contributed by atoms with Gasteiger partial charge in [0.25, 0.3) is 0 Å². The molecule has 106 valence electrons. The molecule has 0 aromatic carbocycles. The van der Waals surface area contributed by atoms with Gasteiger partial charge in [-0.1, -0.05) is 22.4 Å². The second kappa shape index (κ2) is 11.3. The van der Waals surface area contributed by atoms with E-state index in [-0.39, 0.29) is 11.7 Å². The van der Waals surface area contributed by atoms with E-state index in [0.29, 0.717) is 18.2 Å². The van der Waals surface area contributed by atoms with Crippen LogP contribution in [0.4, 0.5) is 0 Å². The van der Waals surface area contributed by atoms with E-state index in [0.717, 1.165) is 12.8 Å². The van der Waals surface area contributed by atoms with E-state index in [2.05, 4.69) is 15.5 Å². The Kier molecular flexibility index (Phi) is 11.4. The monoisotopic (exact) mass is 262 g/mol. The van der Waals surface area contributed by atoms with Crippen molar-refractivity contribution in [3.8, 4) is 0 Å². The van der Waals surface area contributed by atoms with E-state index >= 15 is 0 Å². The summed E-state index contributed by atoms with van der Waals surface area (Å²) in [6.45, 7) is 3.31. The average Bonchev–Trinajstić information content (AvgIpc) is 3.22. The Hall–Kier alpha value is -2.19. The lowest BCUT2D eigenvalue weighted by atomic mass is 10.4. The fourth-order valence-electron chi connectivity index (χ4n) is 0.531. The van der Waals surface area contributed by atoms with Crippen molar-refractivity contribution >= 4 is 17.5 Å². The van der Waals surface area contributed by atoms with Crippen molar-refractivity contribution in [3.63, 3.8) is 0 Å². The van der Waals surface area contributed by atoms with Crippen LogP contribution in [0.15, 0.2) is 15.5 Å². The third-order valence-electron chi connectivity index (χ3n) is 1.76. The standard InChI is InChI=1S/C4H8N2O.C3H8N2O.C2H6N2O/c5-4(6-7)3-1-2-3;1-2-3(4)5-6;1-2(3)4-5/h3,7H,1-2H2,(H2,5,6);6H,2H2,1H3,(H2,4,5);5H,1H3,(H2,3,4). The van der Waals surface area contributed by atoms with Gasteiger partial charge in [0.2, 0.25) is 0 Å². The molecule has 0 saturated heterocycles. The fourth-order valence-corrected chi connectivity index (χ4v) is 0.531. The number of oxime groups is 3. The number of rotatable bonds is 2. The number of amidine groups is 3. The Morgan fingerprint density at radius 1 is 1.06 bits per heavy atom. The molecule has 0 heterocycles. The van der Waals surface area contributed by atoms with Crippen LogP contribution in [0.3, 0.4) is 0 Å². The van der Waals surface area contributed by atoms with Crippen molar-refractivity contribution in [3.05, 3.63) is 0 Å². The molecule has 9 N–H and O–H groups in total.